The lowest BCUT2D eigenvalue weighted by molar-refractivity contribution is 0.232. The lowest BCUT2D eigenvalue weighted by Gasteiger charge is -2.25. The maximum Gasteiger partial charge on any atom is 0.315 e. The molecule has 0 saturated carbocycles. The van der Waals surface area contributed by atoms with Gasteiger partial charge in [0.25, 0.3) is 0 Å². The highest BCUT2D eigenvalue weighted by Gasteiger charge is 2.19. The van der Waals surface area contributed by atoms with Gasteiger partial charge in [-0.2, -0.15) is 0 Å². The maximum atomic E-state index is 12.1. The summed E-state index contributed by atoms with van der Waals surface area (Å²) in [4.78, 5) is 14.3. The van der Waals surface area contributed by atoms with Crippen molar-refractivity contribution in [3.63, 3.8) is 0 Å². The Kier molecular flexibility index (Phi) is 6.01. The molecule has 1 atom stereocenters. The van der Waals surface area contributed by atoms with E-state index in [1.807, 2.05) is 44.4 Å². The molecule has 2 aromatic carbocycles. The van der Waals surface area contributed by atoms with Crippen molar-refractivity contribution in [1.29, 1.82) is 0 Å². The molecule has 1 aliphatic rings. The SMILES string of the molecule is CN(C)[C@H](CNC(=O)NCc1ccc(Cl)cc1)c1ccc2c(c1)CCO2. The topological polar surface area (TPSA) is 53.6 Å². The number of halogens is 1. The lowest BCUT2D eigenvalue weighted by atomic mass is 10.0. The van der Waals surface area contributed by atoms with E-state index < -0.39 is 0 Å². The van der Waals surface area contributed by atoms with Crippen LogP contribution in [0.4, 0.5) is 4.79 Å². The minimum absolute atomic E-state index is 0.0992. The number of hydrogen-bond donors (Lipinski definition) is 2. The van der Waals surface area contributed by atoms with Crippen molar-refractivity contribution in [3.05, 3.63) is 64.2 Å². The fourth-order valence-corrected chi connectivity index (χ4v) is 3.17. The Labute approximate surface area is 159 Å². The molecule has 0 spiro atoms. The minimum Gasteiger partial charge on any atom is -0.493 e. The van der Waals surface area contributed by atoms with E-state index in [1.165, 1.54) is 11.1 Å². The number of fused-ring (bicyclic) bond motifs is 1. The molecule has 0 bridgehead atoms. The van der Waals surface area contributed by atoms with Crippen LogP contribution in [0, 0.1) is 0 Å². The molecule has 26 heavy (non-hydrogen) atoms. The summed E-state index contributed by atoms with van der Waals surface area (Å²) in [6.07, 6.45) is 0.943. The van der Waals surface area contributed by atoms with Gasteiger partial charge in [0, 0.05) is 24.5 Å². The average molecular weight is 374 g/mol. The number of amides is 2. The third-order valence-electron chi connectivity index (χ3n) is 4.54. The molecule has 0 radical (unpaired) electrons. The first kappa shape index (κ1) is 18.5. The normalized spacial score (nSPS) is 13.8. The van der Waals surface area contributed by atoms with E-state index in [9.17, 15) is 4.79 Å². The van der Waals surface area contributed by atoms with Gasteiger partial charge in [0.1, 0.15) is 5.75 Å². The zero-order chi connectivity index (χ0) is 18.5. The van der Waals surface area contributed by atoms with Crippen LogP contribution in [0.5, 0.6) is 5.75 Å². The highest BCUT2D eigenvalue weighted by atomic mass is 35.5. The summed E-state index contributed by atoms with van der Waals surface area (Å²) in [5, 5.41) is 6.52. The largest absolute Gasteiger partial charge is 0.493 e. The summed E-state index contributed by atoms with van der Waals surface area (Å²) in [6, 6.07) is 13.6. The van der Waals surface area contributed by atoms with Gasteiger partial charge in [0.15, 0.2) is 0 Å². The Morgan fingerprint density at radius 3 is 2.69 bits per heavy atom. The van der Waals surface area contributed by atoms with Gasteiger partial charge in [-0.25, -0.2) is 4.79 Å². The van der Waals surface area contributed by atoms with Gasteiger partial charge in [0.05, 0.1) is 12.6 Å². The molecule has 3 rings (SSSR count). The van der Waals surface area contributed by atoms with E-state index in [0.29, 0.717) is 18.1 Å². The number of carbonyl (C=O) groups is 1. The van der Waals surface area contributed by atoms with Crippen molar-refractivity contribution in [3.8, 4) is 5.75 Å². The van der Waals surface area contributed by atoms with Crippen molar-refractivity contribution in [2.75, 3.05) is 27.2 Å². The van der Waals surface area contributed by atoms with Crippen LogP contribution in [0.15, 0.2) is 42.5 Å². The van der Waals surface area contributed by atoms with Crippen molar-refractivity contribution >= 4 is 17.6 Å². The summed E-state index contributed by atoms with van der Waals surface area (Å²) >= 11 is 5.87. The third kappa shape index (κ3) is 4.68. The molecule has 0 saturated heterocycles. The monoisotopic (exact) mass is 373 g/mol. The lowest BCUT2D eigenvalue weighted by Crippen LogP contribution is -2.40. The third-order valence-corrected chi connectivity index (χ3v) is 4.80. The van der Waals surface area contributed by atoms with Crippen LogP contribution in [0.1, 0.15) is 22.7 Å². The van der Waals surface area contributed by atoms with Gasteiger partial charge < -0.3 is 20.3 Å². The van der Waals surface area contributed by atoms with E-state index in [2.05, 4.69) is 27.7 Å². The molecule has 0 aliphatic carbocycles. The zero-order valence-corrected chi connectivity index (χ0v) is 15.8. The fourth-order valence-electron chi connectivity index (χ4n) is 3.05. The molecule has 0 aromatic heterocycles. The predicted molar refractivity (Wildman–Crippen MR) is 104 cm³/mol. The first-order chi connectivity index (χ1) is 12.5. The van der Waals surface area contributed by atoms with Crippen molar-refractivity contribution < 1.29 is 9.53 Å². The van der Waals surface area contributed by atoms with E-state index in [0.717, 1.165) is 24.3 Å². The number of urea groups is 1. The van der Waals surface area contributed by atoms with Gasteiger partial charge in [0.2, 0.25) is 0 Å². The molecule has 0 unspecified atom stereocenters. The van der Waals surface area contributed by atoms with Gasteiger partial charge in [-0.15, -0.1) is 0 Å². The fraction of sp³-hybridized carbons (Fsp3) is 0.350. The van der Waals surface area contributed by atoms with Gasteiger partial charge in [-0.05, 0) is 49.0 Å². The molecule has 2 amide bonds. The standard InChI is InChI=1S/C20H24ClN3O2/c1-24(2)18(15-5-8-19-16(11-15)9-10-26-19)13-23-20(25)22-12-14-3-6-17(21)7-4-14/h3-8,11,18H,9-10,12-13H2,1-2H3,(H2,22,23,25)/t18-/m1/s1. The van der Waals surface area contributed by atoms with Crippen LogP contribution in [-0.2, 0) is 13.0 Å². The Balaban J connectivity index is 1.55. The van der Waals surface area contributed by atoms with Crippen LogP contribution in [-0.4, -0.2) is 38.2 Å². The van der Waals surface area contributed by atoms with Crippen molar-refractivity contribution in [2.24, 2.45) is 0 Å². The van der Waals surface area contributed by atoms with E-state index >= 15 is 0 Å². The minimum atomic E-state index is -0.184. The average Bonchev–Trinajstić information content (AvgIpc) is 3.09. The van der Waals surface area contributed by atoms with Gasteiger partial charge in [-0.3, -0.25) is 0 Å². The summed E-state index contributed by atoms with van der Waals surface area (Å²) in [5.74, 6) is 0.972. The Bertz CT molecular complexity index is 762. The number of hydrogen-bond acceptors (Lipinski definition) is 3. The van der Waals surface area contributed by atoms with Crippen LogP contribution in [0.25, 0.3) is 0 Å². The first-order valence-corrected chi connectivity index (χ1v) is 9.09. The molecular formula is C20H24ClN3O2. The smallest absolute Gasteiger partial charge is 0.315 e. The molecule has 138 valence electrons. The van der Waals surface area contributed by atoms with Crippen molar-refractivity contribution in [1.82, 2.24) is 15.5 Å². The Hall–Kier alpha value is -2.24. The maximum absolute atomic E-state index is 12.1. The quantitative estimate of drug-likeness (QED) is 0.816. The van der Waals surface area contributed by atoms with E-state index in [4.69, 9.17) is 16.3 Å². The van der Waals surface area contributed by atoms with E-state index in [1.54, 1.807) is 0 Å². The first-order valence-electron chi connectivity index (χ1n) is 8.71. The number of benzene rings is 2. The number of nitrogens with zero attached hydrogens (tertiary/aromatic N) is 1. The molecule has 6 heteroatoms. The molecular weight excluding hydrogens is 350 g/mol. The highest BCUT2D eigenvalue weighted by Crippen LogP contribution is 2.29. The second-order valence-corrected chi connectivity index (χ2v) is 7.07. The summed E-state index contributed by atoms with van der Waals surface area (Å²) in [7, 11) is 4.03. The zero-order valence-electron chi connectivity index (χ0n) is 15.1. The van der Waals surface area contributed by atoms with E-state index in [-0.39, 0.29) is 12.1 Å². The van der Waals surface area contributed by atoms with Gasteiger partial charge >= 0.3 is 6.03 Å². The molecule has 1 heterocycles. The van der Waals surface area contributed by atoms with Crippen LogP contribution in [0.3, 0.4) is 0 Å². The van der Waals surface area contributed by atoms with Crippen molar-refractivity contribution in [2.45, 2.75) is 19.0 Å². The predicted octanol–water partition coefficient (Wildman–Crippen LogP) is 3.38. The molecule has 2 aromatic rings. The number of ether oxygens (including phenoxy) is 1. The second kappa shape index (κ2) is 8.43. The second-order valence-electron chi connectivity index (χ2n) is 6.64. The van der Waals surface area contributed by atoms with Crippen LogP contribution >= 0.6 is 11.6 Å². The number of rotatable bonds is 6. The summed E-state index contributed by atoms with van der Waals surface area (Å²) in [5.41, 5.74) is 3.42. The number of likely N-dealkylation sites (N-methyl/N-ethyl adjacent to an activating group) is 1. The van der Waals surface area contributed by atoms with Gasteiger partial charge in [-0.1, -0.05) is 35.9 Å². The number of nitrogens with one attached hydrogen (secondary N) is 2. The Morgan fingerprint density at radius 2 is 1.96 bits per heavy atom. The molecule has 0 fully saturated rings. The van der Waals surface area contributed by atoms with Crippen LogP contribution in [0.2, 0.25) is 5.02 Å². The van der Waals surface area contributed by atoms with Crippen LogP contribution < -0.4 is 15.4 Å². The number of carbonyl (C=O) groups excluding carboxylic acids is 1. The summed E-state index contributed by atoms with van der Waals surface area (Å²) < 4.78 is 5.57. The highest BCUT2D eigenvalue weighted by molar-refractivity contribution is 6.30. The molecule has 5 nitrogen and oxygen atoms in total. The molecule has 2 N–H and O–H groups in total. The molecule has 1 aliphatic heterocycles. The summed E-state index contributed by atoms with van der Waals surface area (Å²) in [6.45, 7) is 1.74. The Morgan fingerprint density at radius 1 is 1.19 bits per heavy atom.